The van der Waals surface area contributed by atoms with E-state index in [0.717, 1.165) is 27.5 Å². The van der Waals surface area contributed by atoms with Gasteiger partial charge in [0.15, 0.2) is 12.3 Å². The fraction of sp³-hybridized carbons (Fsp3) is 0.261. The van der Waals surface area contributed by atoms with E-state index in [1.54, 1.807) is 12.1 Å². The number of carbonyl (C=O) groups excluding carboxylic acids is 1. The number of nitrogens with one attached hydrogen (secondary N) is 2. The number of halogens is 2. The molecule has 3 aromatic rings. The van der Waals surface area contributed by atoms with Gasteiger partial charge in [-0.3, -0.25) is 4.79 Å². The number of likely N-dealkylation sites (N-methyl/N-ethyl adjacent to an activating group) is 1. The molecule has 1 aromatic heterocycles. The number of benzene rings is 2. The first-order valence-corrected chi connectivity index (χ1v) is 9.66. The third kappa shape index (κ3) is 6.15. The summed E-state index contributed by atoms with van der Waals surface area (Å²) in [6.07, 6.45) is 0. The summed E-state index contributed by atoms with van der Waals surface area (Å²) in [6.45, 7) is -0.142. The third-order valence-electron chi connectivity index (χ3n) is 4.61. The van der Waals surface area contributed by atoms with Crippen LogP contribution in [0, 0.1) is 6.92 Å². The molecule has 5 nitrogen and oxygen atoms in total. The number of quaternary nitrogens is 1. The Morgan fingerprint density at radius 3 is 2.30 bits per heavy atom. The minimum atomic E-state index is -2.88. The summed E-state index contributed by atoms with van der Waals surface area (Å²) >= 11 is 0. The van der Waals surface area contributed by atoms with Crippen LogP contribution < -0.4 is 15.0 Å². The first kappa shape index (κ1) is 21.5. The molecule has 2 aromatic carbocycles. The summed E-state index contributed by atoms with van der Waals surface area (Å²) in [5.41, 5.74) is 1.67. The Labute approximate surface area is 174 Å². The zero-order chi connectivity index (χ0) is 21.5. The van der Waals surface area contributed by atoms with Crippen LogP contribution in [0.2, 0.25) is 0 Å². The summed E-state index contributed by atoms with van der Waals surface area (Å²) in [7, 11) is 1.92. The molecule has 1 heterocycles. The van der Waals surface area contributed by atoms with Crippen molar-refractivity contribution in [2.24, 2.45) is 0 Å². The molecule has 0 aliphatic carbocycles. The van der Waals surface area contributed by atoms with Crippen LogP contribution in [0.15, 0.2) is 71.1 Å². The lowest BCUT2D eigenvalue weighted by Gasteiger charge is -2.21. The molecular formula is C23H25F2N2O3+. The second kappa shape index (κ2) is 10.0. The van der Waals surface area contributed by atoms with E-state index in [-0.39, 0.29) is 18.2 Å². The normalized spacial score (nSPS) is 13.1. The largest absolute Gasteiger partial charge is 0.460 e. The number of alkyl halides is 2. The van der Waals surface area contributed by atoms with Crippen molar-refractivity contribution in [3.05, 3.63) is 89.4 Å². The molecule has 30 heavy (non-hydrogen) atoms. The van der Waals surface area contributed by atoms with Gasteiger partial charge in [0.2, 0.25) is 0 Å². The minimum Gasteiger partial charge on any atom is -0.460 e. The van der Waals surface area contributed by atoms with Crippen molar-refractivity contribution < 1.29 is 27.6 Å². The number of amides is 1. The summed E-state index contributed by atoms with van der Waals surface area (Å²) in [6, 6.07) is 19.2. The summed E-state index contributed by atoms with van der Waals surface area (Å²) in [5, 5.41) is 3.05. The molecule has 0 aliphatic heterocycles. The van der Waals surface area contributed by atoms with Crippen LogP contribution in [0.1, 0.15) is 28.7 Å². The molecule has 0 bridgehead atoms. The van der Waals surface area contributed by atoms with E-state index in [9.17, 15) is 13.6 Å². The maximum atomic E-state index is 12.7. The molecule has 1 unspecified atom stereocenters. The van der Waals surface area contributed by atoms with Crippen molar-refractivity contribution in [3.8, 4) is 5.75 Å². The number of furan rings is 1. The average molecular weight is 415 g/mol. The van der Waals surface area contributed by atoms with Gasteiger partial charge in [-0.25, -0.2) is 0 Å². The Morgan fingerprint density at radius 1 is 1.03 bits per heavy atom. The topological polar surface area (TPSA) is 55.9 Å². The van der Waals surface area contributed by atoms with Gasteiger partial charge in [-0.15, -0.1) is 0 Å². The molecule has 1 amide bonds. The lowest BCUT2D eigenvalue weighted by molar-refractivity contribution is -0.886. The average Bonchev–Trinajstić information content (AvgIpc) is 3.11. The van der Waals surface area contributed by atoms with Crippen LogP contribution in [-0.4, -0.2) is 26.1 Å². The van der Waals surface area contributed by atoms with E-state index in [4.69, 9.17) is 4.42 Å². The highest BCUT2D eigenvalue weighted by Crippen LogP contribution is 2.24. The van der Waals surface area contributed by atoms with E-state index in [1.807, 2.05) is 56.4 Å². The fourth-order valence-corrected chi connectivity index (χ4v) is 3.27. The first-order valence-electron chi connectivity index (χ1n) is 9.66. The molecule has 2 N–H and O–H groups in total. The molecule has 0 aliphatic rings. The highest BCUT2D eigenvalue weighted by Gasteiger charge is 2.20. The Balaban J connectivity index is 1.70. The van der Waals surface area contributed by atoms with Gasteiger partial charge in [-0.2, -0.15) is 8.78 Å². The Bertz CT molecular complexity index is 943. The van der Waals surface area contributed by atoms with E-state index < -0.39 is 12.7 Å². The second-order valence-electron chi connectivity index (χ2n) is 7.18. The predicted octanol–water partition coefficient (Wildman–Crippen LogP) is 3.11. The molecule has 0 saturated heterocycles. The van der Waals surface area contributed by atoms with Crippen molar-refractivity contribution >= 4 is 5.91 Å². The van der Waals surface area contributed by atoms with Crippen LogP contribution in [0.5, 0.6) is 5.75 Å². The first-order chi connectivity index (χ1) is 14.4. The van der Waals surface area contributed by atoms with Gasteiger partial charge in [0, 0.05) is 0 Å². The van der Waals surface area contributed by atoms with E-state index >= 15 is 0 Å². The number of carbonyl (C=O) groups is 1. The smallest absolute Gasteiger partial charge is 0.387 e. The van der Waals surface area contributed by atoms with E-state index in [1.165, 1.54) is 12.1 Å². The Morgan fingerprint density at radius 2 is 1.70 bits per heavy atom. The van der Waals surface area contributed by atoms with Crippen LogP contribution in [0.25, 0.3) is 0 Å². The number of hydrogen-bond acceptors (Lipinski definition) is 3. The zero-order valence-corrected chi connectivity index (χ0v) is 16.9. The maximum Gasteiger partial charge on any atom is 0.387 e. The van der Waals surface area contributed by atoms with Gasteiger partial charge in [-0.05, 0) is 42.3 Å². The zero-order valence-electron chi connectivity index (χ0n) is 16.9. The van der Waals surface area contributed by atoms with Gasteiger partial charge in [0.1, 0.15) is 18.1 Å². The maximum absolute atomic E-state index is 12.7. The summed E-state index contributed by atoms with van der Waals surface area (Å²) in [4.78, 5) is 13.7. The Kier molecular flexibility index (Phi) is 7.19. The van der Waals surface area contributed by atoms with Crippen molar-refractivity contribution in [2.75, 3.05) is 13.6 Å². The van der Waals surface area contributed by atoms with Gasteiger partial charge in [-0.1, -0.05) is 42.5 Å². The Hall–Kier alpha value is -3.19. The lowest BCUT2D eigenvalue weighted by Crippen LogP contribution is -3.08. The van der Waals surface area contributed by atoms with Gasteiger partial charge in [0.25, 0.3) is 5.91 Å². The molecule has 0 radical (unpaired) electrons. The van der Waals surface area contributed by atoms with Crippen molar-refractivity contribution in [1.29, 1.82) is 0 Å². The van der Waals surface area contributed by atoms with Gasteiger partial charge < -0.3 is 19.4 Å². The summed E-state index contributed by atoms with van der Waals surface area (Å²) < 4.78 is 34.8. The second-order valence-corrected chi connectivity index (χ2v) is 7.18. The standard InChI is InChI=1S/C23H24F2N2O3/c1-16-8-11-20(29-16)14-27(2)15-21(28)26-22(17-6-4-3-5-7-17)18-9-12-19(13-10-18)30-23(24)25/h3-13,22-23H,14-15H2,1-2H3,(H,26,28)/p+1/t22-/m1/s1. The van der Waals surface area contributed by atoms with Crippen LogP contribution in [0.4, 0.5) is 8.78 Å². The molecule has 0 saturated carbocycles. The molecule has 0 fully saturated rings. The molecule has 158 valence electrons. The van der Waals surface area contributed by atoms with Gasteiger partial charge in [0.05, 0.1) is 13.1 Å². The number of hydrogen-bond donors (Lipinski definition) is 2. The SMILES string of the molecule is Cc1ccc(C[NH+](C)CC(=O)N[C@H](c2ccccc2)c2ccc(OC(F)F)cc2)o1. The number of aryl methyl sites for hydroxylation is 1. The molecule has 3 rings (SSSR count). The van der Waals surface area contributed by atoms with Crippen LogP contribution in [-0.2, 0) is 11.3 Å². The molecule has 2 atom stereocenters. The fourth-order valence-electron chi connectivity index (χ4n) is 3.27. The van der Waals surface area contributed by atoms with E-state index in [0.29, 0.717) is 6.54 Å². The number of ether oxygens (including phenoxy) is 1. The molecule has 7 heteroatoms. The van der Waals surface area contributed by atoms with Gasteiger partial charge >= 0.3 is 6.61 Å². The van der Waals surface area contributed by atoms with E-state index in [2.05, 4.69) is 10.1 Å². The quantitative estimate of drug-likeness (QED) is 0.565. The highest BCUT2D eigenvalue weighted by molar-refractivity contribution is 5.78. The molecular weight excluding hydrogens is 390 g/mol. The van der Waals surface area contributed by atoms with Crippen LogP contribution >= 0.6 is 0 Å². The minimum absolute atomic E-state index is 0.0739. The monoisotopic (exact) mass is 415 g/mol. The van der Waals surface area contributed by atoms with Crippen molar-refractivity contribution in [2.45, 2.75) is 26.1 Å². The van der Waals surface area contributed by atoms with Crippen LogP contribution in [0.3, 0.4) is 0 Å². The summed E-state index contributed by atoms with van der Waals surface area (Å²) in [5.74, 6) is 1.61. The van der Waals surface area contributed by atoms with Crippen molar-refractivity contribution in [1.82, 2.24) is 5.32 Å². The highest BCUT2D eigenvalue weighted by atomic mass is 19.3. The molecule has 0 spiro atoms. The number of rotatable bonds is 9. The third-order valence-corrected chi connectivity index (χ3v) is 4.61. The predicted molar refractivity (Wildman–Crippen MR) is 108 cm³/mol. The van der Waals surface area contributed by atoms with Crippen molar-refractivity contribution in [3.63, 3.8) is 0 Å². The lowest BCUT2D eigenvalue weighted by atomic mass is 9.98.